The molecule has 0 bridgehead atoms. The van der Waals surface area contributed by atoms with Gasteiger partial charge in [-0.1, -0.05) is 11.6 Å². The van der Waals surface area contributed by atoms with Crippen molar-refractivity contribution < 1.29 is 22.7 Å². The Morgan fingerprint density at radius 1 is 1.12 bits per heavy atom. The average Bonchev–Trinajstić information content (AvgIpc) is 3.10. The first-order valence-electron chi connectivity index (χ1n) is 9.88. The van der Waals surface area contributed by atoms with Crippen LogP contribution >= 0.6 is 11.6 Å². The second-order valence-corrected chi connectivity index (χ2v) is 7.74. The summed E-state index contributed by atoms with van der Waals surface area (Å²) in [5.74, 6) is -1.69. The van der Waals surface area contributed by atoms with E-state index in [1.165, 1.54) is 41.2 Å². The Labute approximate surface area is 194 Å². The maximum absolute atomic E-state index is 13.6. The van der Waals surface area contributed by atoms with Gasteiger partial charge in [0, 0.05) is 44.6 Å². The fraction of sp³-hybridized carbons (Fsp3) is 0.273. The Morgan fingerprint density at radius 2 is 1.73 bits per heavy atom. The molecule has 0 saturated heterocycles. The summed E-state index contributed by atoms with van der Waals surface area (Å²) in [7, 11) is 5.24. The smallest absolute Gasteiger partial charge is 0.472 e. The molecule has 0 aliphatic heterocycles. The summed E-state index contributed by atoms with van der Waals surface area (Å²) in [5, 5.41) is 4.36. The minimum Gasteiger partial charge on any atom is -0.492 e. The largest absolute Gasteiger partial charge is 0.492 e. The number of hydrogen-bond acceptors (Lipinski definition) is 5. The summed E-state index contributed by atoms with van der Waals surface area (Å²) < 4.78 is 47.8. The molecule has 7 nitrogen and oxygen atoms in total. The van der Waals surface area contributed by atoms with E-state index in [0.29, 0.717) is 21.9 Å². The number of amides is 1. The topological polar surface area (TPSA) is 76.6 Å². The van der Waals surface area contributed by atoms with Crippen molar-refractivity contribution in [3.63, 3.8) is 0 Å². The van der Waals surface area contributed by atoms with E-state index in [0.717, 1.165) is 5.69 Å². The summed E-state index contributed by atoms with van der Waals surface area (Å²) in [6.45, 7) is 0.413. The summed E-state index contributed by atoms with van der Waals surface area (Å²) in [6.07, 6.45) is -3.69. The van der Waals surface area contributed by atoms with Crippen LogP contribution in [-0.4, -0.2) is 49.1 Å². The molecule has 0 fully saturated rings. The van der Waals surface area contributed by atoms with Gasteiger partial charge in [0.05, 0.1) is 22.6 Å². The zero-order valence-corrected chi connectivity index (χ0v) is 19.0. The molecule has 0 saturated carbocycles. The Morgan fingerprint density at radius 3 is 2.24 bits per heavy atom. The first-order chi connectivity index (χ1) is 15.5. The van der Waals surface area contributed by atoms with E-state index in [2.05, 4.69) is 5.10 Å². The van der Waals surface area contributed by atoms with Crippen LogP contribution in [0.2, 0.25) is 5.02 Å². The predicted molar refractivity (Wildman–Crippen MR) is 122 cm³/mol. The van der Waals surface area contributed by atoms with Gasteiger partial charge in [0.15, 0.2) is 0 Å². The molecule has 3 rings (SSSR count). The summed E-state index contributed by atoms with van der Waals surface area (Å²) in [5.41, 5.74) is 7.14. The maximum Gasteiger partial charge on any atom is 0.472 e. The molecule has 2 N–H and O–H groups in total. The van der Waals surface area contributed by atoms with Crippen molar-refractivity contribution >= 4 is 34.6 Å². The number of nitrogens with two attached hydrogens (primary N) is 1. The average molecular weight is 482 g/mol. The van der Waals surface area contributed by atoms with E-state index < -0.39 is 12.1 Å². The zero-order chi connectivity index (χ0) is 24.3. The standard InChI is InChI=1S/C22H23ClF3N5O2/c1-29(2)14-4-6-15(7-5-14)31(21(32)22(24,25)26)16-8-9-19(33-11-10-27)17(12-16)20-18(23)13-28-30(20)3/h4-9,12-13H,10-11,27H2,1-3H3. The van der Waals surface area contributed by atoms with Gasteiger partial charge in [0.2, 0.25) is 0 Å². The van der Waals surface area contributed by atoms with Gasteiger partial charge in [0.25, 0.3) is 0 Å². The number of anilines is 3. The molecule has 1 heterocycles. The minimum absolute atomic E-state index is 0.0118. The van der Waals surface area contributed by atoms with E-state index >= 15 is 0 Å². The second-order valence-electron chi connectivity index (χ2n) is 7.33. The van der Waals surface area contributed by atoms with Crippen molar-refractivity contribution in [3.05, 3.63) is 53.7 Å². The third kappa shape index (κ3) is 5.23. The SMILES string of the molecule is CN(C)c1ccc(N(C(=O)C(F)(F)F)c2ccc(OCCN)c(-c3c(Cl)cnn3C)c2)cc1. The Hall–Kier alpha value is -3.24. The van der Waals surface area contributed by atoms with Gasteiger partial charge in [-0.05, 0) is 42.5 Å². The minimum atomic E-state index is -5.10. The lowest BCUT2D eigenvalue weighted by atomic mass is 10.1. The number of rotatable bonds is 7. The predicted octanol–water partition coefficient (Wildman–Crippen LogP) is 4.37. The van der Waals surface area contributed by atoms with Crippen LogP contribution in [0.1, 0.15) is 0 Å². The highest BCUT2D eigenvalue weighted by molar-refractivity contribution is 6.33. The lowest BCUT2D eigenvalue weighted by Gasteiger charge is -2.26. The number of aryl methyl sites for hydroxylation is 1. The number of benzene rings is 2. The van der Waals surface area contributed by atoms with Gasteiger partial charge in [0.1, 0.15) is 12.4 Å². The fourth-order valence-electron chi connectivity index (χ4n) is 3.26. The first kappa shape index (κ1) is 24.4. The van der Waals surface area contributed by atoms with E-state index in [4.69, 9.17) is 22.1 Å². The third-order valence-electron chi connectivity index (χ3n) is 4.82. The summed E-state index contributed by atoms with van der Waals surface area (Å²) >= 11 is 6.29. The van der Waals surface area contributed by atoms with Gasteiger partial charge in [-0.25, -0.2) is 0 Å². The molecule has 3 aromatic rings. The molecular weight excluding hydrogens is 459 g/mol. The number of halogens is 4. The Bertz CT molecular complexity index is 1110. The molecule has 0 aliphatic carbocycles. The molecule has 2 aromatic carbocycles. The molecule has 176 valence electrons. The van der Waals surface area contributed by atoms with Gasteiger partial charge >= 0.3 is 12.1 Å². The lowest BCUT2D eigenvalue weighted by Crippen LogP contribution is -2.38. The van der Waals surface area contributed by atoms with Crippen LogP contribution in [0.5, 0.6) is 5.75 Å². The van der Waals surface area contributed by atoms with Crippen LogP contribution in [0.4, 0.5) is 30.2 Å². The first-order valence-corrected chi connectivity index (χ1v) is 10.3. The van der Waals surface area contributed by atoms with E-state index in [-0.39, 0.29) is 29.5 Å². The number of aromatic nitrogens is 2. The van der Waals surface area contributed by atoms with Crippen LogP contribution in [-0.2, 0) is 11.8 Å². The third-order valence-corrected chi connectivity index (χ3v) is 5.09. The molecule has 11 heteroatoms. The summed E-state index contributed by atoms with van der Waals surface area (Å²) in [6, 6.07) is 10.4. The molecule has 0 unspecified atom stereocenters. The molecule has 0 aliphatic rings. The Kier molecular flexibility index (Phi) is 7.19. The highest BCUT2D eigenvalue weighted by atomic mass is 35.5. The highest BCUT2D eigenvalue weighted by Gasteiger charge is 2.44. The van der Waals surface area contributed by atoms with E-state index in [1.807, 2.05) is 0 Å². The number of alkyl halides is 3. The molecule has 0 atom stereocenters. The highest BCUT2D eigenvalue weighted by Crippen LogP contribution is 2.40. The van der Waals surface area contributed by atoms with Crippen molar-refractivity contribution in [1.29, 1.82) is 0 Å². The van der Waals surface area contributed by atoms with Crippen molar-refractivity contribution in [2.75, 3.05) is 37.0 Å². The Balaban J connectivity index is 2.19. The molecule has 0 spiro atoms. The lowest BCUT2D eigenvalue weighted by molar-refractivity contribution is -0.169. The quantitative estimate of drug-likeness (QED) is 0.542. The number of carbonyl (C=O) groups excluding carboxylic acids is 1. The number of hydrogen-bond donors (Lipinski definition) is 1. The van der Waals surface area contributed by atoms with E-state index in [9.17, 15) is 18.0 Å². The maximum atomic E-state index is 13.6. The van der Waals surface area contributed by atoms with Crippen LogP contribution in [0.15, 0.2) is 48.7 Å². The van der Waals surface area contributed by atoms with Crippen molar-refractivity contribution in [2.24, 2.45) is 12.8 Å². The van der Waals surface area contributed by atoms with Gasteiger partial charge in [-0.3, -0.25) is 14.4 Å². The van der Waals surface area contributed by atoms with Crippen molar-refractivity contribution in [2.45, 2.75) is 6.18 Å². The van der Waals surface area contributed by atoms with Gasteiger partial charge in [-0.2, -0.15) is 18.3 Å². The fourth-order valence-corrected chi connectivity index (χ4v) is 3.53. The molecule has 1 amide bonds. The molecule has 1 aromatic heterocycles. The van der Waals surface area contributed by atoms with Crippen LogP contribution in [0, 0.1) is 0 Å². The normalized spacial score (nSPS) is 11.4. The molecule has 33 heavy (non-hydrogen) atoms. The van der Waals surface area contributed by atoms with Crippen LogP contribution in [0.25, 0.3) is 11.3 Å². The van der Waals surface area contributed by atoms with Gasteiger partial charge < -0.3 is 15.4 Å². The van der Waals surface area contributed by atoms with Crippen LogP contribution in [0.3, 0.4) is 0 Å². The molecular formula is C22H23ClF3N5O2. The number of nitrogens with zero attached hydrogens (tertiary/aromatic N) is 4. The zero-order valence-electron chi connectivity index (χ0n) is 18.2. The monoisotopic (exact) mass is 481 g/mol. The molecule has 0 radical (unpaired) electrons. The number of ether oxygens (including phenoxy) is 1. The van der Waals surface area contributed by atoms with Crippen molar-refractivity contribution in [3.8, 4) is 17.0 Å². The summed E-state index contributed by atoms with van der Waals surface area (Å²) in [4.78, 5) is 14.9. The second kappa shape index (κ2) is 9.72. The van der Waals surface area contributed by atoms with Crippen LogP contribution < -0.4 is 20.3 Å². The van der Waals surface area contributed by atoms with Crippen molar-refractivity contribution in [1.82, 2.24) is 9.78 Å². The number of carbonyl (C=O) groups is 1. The van der Waals surface area contributed by atoms with Gasteiger partial charge in [-0.15, -0.1) is 0 Å². The van der Waals surface area contributed by atoms with E-state index in [1.54, 1.807) is 38.2 Å².